The molecule has 0 radical (unpaired) electrons. The average Bonchev–Trinajstić information content (AvgIpc) is 2.73. The molecule has 1 amide bonds. The highest BCUT2D eigenvalue weighted by Crippen LogP contribution is 2.16. The number of aliphatic carboxylic acids is 1. The van der Waals surface area contributed by atoms with E-state index in [-0.39, 0.29) is 0 Å². The molecule has 6 nitrogen and oxygen atoms in total. The monoisotopic (exact) mass is 231 g/mol. The molecule has 2 rings (SSSR count). The van der Waals surface area contributed by atoms with Gasteiger partial charge in [0.05, 0.1) is 11.7 Å². The smallest absolute Gasteiger partial charge is 0.328 e. The predicted molar refractivity (Wildman–Crippen MR) is 61.5 cm³/mol. The lowest BCUT2D eigenvalue weighted by molar-refractivity contribution is -0.131. The molecule has 0 spiro atoms. The number of carboxylic acid groups (broad SMARTS) is 1. The highest BCUT2D eigenvalue weighted by Gasteiger charge is 2.01. The van der Waals surface area contributed by atoms with Gasteiger partial charge in [0.25, 0.3) is 0 Å². The van der Waals surface area contributed by atoms with Crippen LogP contribution in [0.25, 0.3) is 10.9 Å². The van der Waals surface area contributed by atoms with Crippen LogP contribution in [0.15, 0.2) is 36.5 Å². The number of aromatic amines is 1. The van der Waals surface area contributed by atoms with Crippen LogP contribution >= 0.6 is 0 Å². The number of amides is 1. The maximum absolute atomic E-state index is 11.3. The quantitative estimate of drug-likeness (QED) is 0.690. The Bertz CT molecular complexity index is 601. The molecule has 0 aliphatic rings. The van der Waals surface area contributed by atoms with Gasteiger partial charge in [-0.2, -0.15) is 5.10 Å². The van der Waals surface area contributed by atoms with Crippen molar-refractivity contribution in [2.75, 3.05) is 5.32 Å². The van der Waals surface area contributed by atoms with E-state index in [2.05, 4.69) is 15.5 Å². The van der Waals surface area contributed by atoms with Gasteiger partial charge in [-0.15, -0.1) is 0 Å². The van der Waals surface area contributed by atoms with Crippen molar-refractivity contribution >= 4 is 28.5 Å². The van der Waals surface area contributed by atoms with E-state index >= 15 is 0 Å². The zero-order valence-corrected chi connectivity index (χ0v) is 8.68. The molecular weight excluding hydrogens is 222 g/mol. The molecule has 1 aromatic heterocycles. The minimum atomic E-state index is -1.16. The van der Waals surface area contributed by atoms with Crippen LogP contribution < -0.4 is 5.32 Å². The van der Waals surface area contributed by atoms with E-state index in [0.717, 1.165) is 23.1 Å². The highest BCUT2D eigenvalue weighted by molar-refractivity contribution is 6.03. The van der Waals surface area contributed by atoms with E-state index in [9.17, 15) is 9.59 Å². The summed E-state index contributed by atoms with van der Waals surface area (Å²) in [7, 11) is 0. The lowest BCUT2D eigenvalue weighted by Crippen LogP contribution is -2.08. The van der Waals surface area contributed by atoms with E-state index in [1.165, 1.54) is 0 Å². The van der Waals surface area contributed by atoms with Crippen LogP contribution in [0, 0.1) is 0 Å². The van der Waals surface area contributed by atoms with Crippen LogP contribution in [0.2, 0.25) is 0 Å². The third-order valence-corrected chi connectivity index (χ3v) is 2.09. The molecule has 0 aliphatic heterocycles. The highest BCUT2D eigenvalue weighted by atomic mass is 16.4. The third kappa shape index (κ3) is 2.69. The molecule has 0 saturated heterocycles. The van der Waals surface area contributed by atoms with Crippen molar-refractivity contribution in [1.82, 2.24) is 10.2 Å². The molecule has 6 heteroatoms. The number of hydrogen-bond acceptors (Lipinski definition) is 3. The number of H-pyrrole nitrogens is 1. The molecule has 0 saturated carbocycles. The Balaban J connectivity index is 2.12. The summed E-state index contributed by atoms with van der Waals surface area (Å²) in [5, 5.41) is 18.4. The van der Waals surface area contributed by atoms with Crippen LogP contribution in [0.3, 0.4) is 0 Å². The van der Waals surface area contributed by atoms with Crippen molar-refractivity contribution in [2.45, 2.75) is 0 Å². The van der Waals surface area contributed by atoms with E-state index < -0.39 is 11.9 Å². The van der Waals surface area contributed by atoms with Gasteiger partial charge in [-0.25, -0.2) is 4.79 Å². The van der Waals surface area contributed by atoms with Gasteiger partial charge in [0.2, 0.25) is 5.91 Å². The summed E-state index contributed by atoms with van der Waals surface area (Å²) >= 11 is 0. The number of anilines is 1. The molecular formula is C11H9N3O3. The number of benzene rings is 1. The summed E-state index contributed by atoms with van der Waals surface area (Å²) in [4.78, 5) is 21.5. The van der Waals surface area contributed by atoms with Crippen LogP contribution in [-0.4, -0.2) is 27.2 Å². The molecule has 2 aromatic rings. The maximum Gasteiger partial charge on any atom is 0.328 e. The molecule has 86 valence electrons. The summed E-state index contributed by atoms with van der Waals surface area (Å²) in [5.41, 5.74) is 1.45. The fourth-order valence-electron chi connectivity index (χ4n) is 1.35. The van der Waals surface area contributed by atoms with Gasteiger partial charge in [-0.3, -0.25) is 9.89 Å². The summed E-state index contributed by atoms with van der Waals surface area (Å²) in [6.45, 7) is 0. The largest absolute Gasteiger partial charge is 0.478 e. The van der Waals surface area contributed by atoms with Gasteiger partial charge in [0, 0.05) is 23.2 Å². The molecule has 0 bridgehead atoms. The summed E-state index contributed by atoms with van der Waals surface area (Å²) in [6, 6.07) is 5.22. The van der Waals surface area contributed by atoms with Gasteiger partial charge in [0.1, 0.15) is 0 Å². The molecule has 1 heterocycles. The van der Waals surface area contributed by atoms with Gasteiger partial charge in [-0.05, 0) is 18.2 Å². The van der Waals surface area contributed by atoms with Crippen LogP contribution in [0.4, 0.5) is 5.69 Å². The van der Waals surface area contributed by atoms with Gasteiger partial charge in [0.15, 0.2) is 0 Å². The normalized spacial score (nSPS) is 10.8. The average molecular weight is 231 g/mol. The molecule has 0 aliphatic carbocycles. The molecule has 17 heavy (non-hydrogen) atoms. The first kappa shape index (κ1) is 10.9. The fraction of sp³-hybridized carbons (Fsp3) is 0. The Hall–Kier alpha value is -2.63. The molecule has 0 atom stereocenters. The number of carbonyl (C=O) groups is 2. The second-order valence-electron chi connectivity index (χ2n) is 3.33. The van der Waals surface area contributed by atoms with E-state index in [1.54, 1.807) is 24.4 Å². The third-order valence-electron chi connectivity index (χ3n) is 2.09. The van der Waals surface area contributed by atoms with E-state index in [4.69, 9.17) is 5.11 Å². The standard InChI is InChI=1S/C11H9N3O3/c15-10(3-4-11(16)17)13-8-1-2-9-7(5-8)6-12-14-9/h1-6H,(H,12,14)(H,13,15)(H,16,17). The number of carbonyl (C=O) groups excluding carboxylic acids is 1. The number of carboxylic acids is 1. The Morgan fingerprint density at radius 3 is 2.94 bits per heavy atom. The number of rotatable bonds is 3. The van der Waals surface area contributed by atoms with Gasteiger partial charge in [-0.1, -0.05) is 0 Å². The van der Waals surface area contributed by atoms with Gasteiger partial charge >= 0.3 is 5.97 Å². The Morgan fingerprint density at radius 1 is 1.35 bits per heavy atom. The first-order valence-corrected chi connectivity index (χ1v) is 4.80. The molecule has 0 unspecified atom stereocenters. The lowest BCUT2D eigenvalue weighted by Gasteiger charge is -2.01. The van der Waals surface area contributed by atoms with Crippen LogP contribution in [0.1, 0.15) is 0 Å². The number of nitrogens with zero attached hydrogens (tertiary/aromatic N) is 1. The molecule has 0 fully saturated rings. The Morgan fingerprint density at radius 2 is 2.18 bits per heavy atom. The van der Waals surface area contributed by atoms with Crippen molar-refractivity contribution < 1.29 is 14.7 Å². The van der Waals surface area contributed by atoms with E-state index in [1.807, 2.05) is 0 Å². The summed E-state index contributed by atoms with van der Waals surface area (Å²) < 4.78 is 0. The van der Waals surface area contributed by atoms with Crippen molar-refractivity contribution in [1.29, 1.82) is 0 Å². The lowest BCUT2D eigenvalue weighted by atomic mass is 10.2. The number of aromatic nitrogens is 2. The van der Waals surface area contributed by atoms with Crippen molar-refractivity contribution in [3.8, 4) is 0 Å². The van der Waals surface area contributed by atoms with Crippen molar-refractivity contribution in [3.63, 3.8) is 0 Å². The Kier molecular flexibility index (Phi) is 2.87. The topological polar surface area (TPSA) is 95.1 Å². The number of hydrogen-bond donors (Lipinski definition) is 3. The number of nitrogens with one attached hydrogen (secondary N) is 2. The zero-order valence-electron chi connectivity index (χ0n) is 8.68. The number of fused-ring (bicyclic) bond motifs is 1. The van der Waals surface area contributed by atoms with Crippen molar-refractivity contribution in [2.24, 2.45) is 0 Å². The molecule has 1 aromatic carbocycles. The second kappa shape index (κ2) is 4.48. The van der Waals surface area contributed by atoms with Gasteiger partial charge < -0.3 is 10.4 Å². The SMILES string of the molecule is O=C(O)C=CC(=O)Nc1ccc2[nH]ncc2c1. The molecule has 3 N–H and O–H groups in total. The second-order valence-corrected chi connectivity index (χ2v) is 3.33. The van der Waals surface area contributed by atoms with Crippen molar-refractivity contribution in [3.05, 3.63) is 36.5 Å². The summed E-state index contributed by atoms with van der Waals surface area (Å²) in [6.07, 6.45) is 3.38. The van der Waals surface area contributed by atoms with Crippen LogP contribution in [-0.2, 0) is 9.59 Å². The zero-order chi connectivity index (χ0) is 12.3. The van der Waals surface area contributed by atoms with Crippen LogP contribution in [0.5, 0.6) is 0 Å². The predicted octanol–water partition coefficient (Wildman–Crippen LogP) is 1.14. The minimum Gasteiger partial charge on any atom is -0.478 e. The summed E-state index contributed by atoms with van der Waals surface area (Å²) in [5.74, 6) is -1.65. The maximum atomic E-state index is 11.3. The minimum absolute atomic E-state index is 0.491. The first-order chi connectivity index (χ1) is 8.15. The first-order valence-electron chi connectivity index (χ1n) is 4.80. The fourth-order valence-corrected chi connectivity index (χ4v) is 1.35. The Labute approximate surface area is 95.9 Å². The van der Waals surface area contributed by atoms with E-state index in [0.29, 0.717) is 5.69 Å².